The highest BCUT2D eigenvalue weighted by atomic mass is 31.2. The summed E-state index contributed by atoms with van der Waals surface area (Å²) >= 11 is 0. The molecule has 0 aliphatic rings. The largest absolute Gasteiger partial charge is 0.472 e. The van der Waals surface area contributed by atoms with E-state index >= 15 is 0 Å². The fourth-order valence-corrected chi connectivity index (χ4v) is 9.02. The number of esters is 3. The molecule has 0 aromatic heterocycles. The molecule has 0 bridgehead atoms. The molecule has 448 valence electrons. The topological polar surface area (TPSA) is 155 Å². The second kappa shape index (κ2) is 59.5. The minimum absolute atomic E-state index is 0.0848. The van der Waals surface area contributed by atoms with E-state index in [1.54, 1.807) is 0 Å². The van der Waals surface area contributed by atoms with Gasteiger partial charge in [0.15, 0.2) is 6.10 Å². The molecule has 0 fully saturated rings. The molecule has 0 saturated heterocycles. The number of aliphatic hydroxyl groups is 1. The molecule has 2 N–H and O–H groups in total. The molecule has 0 aromatic carbocycles. The SMILES string of the molecule is CC/C=C\C/C=C\C/C=C\C/C=C\C/C=C\CCCC(=O)OC(COC(=O)CCCCCCCCC/C=C\CCCCCCCC)COP(=O)(O)OCC(CO)OC(=O)CCCCCCCCC/C=C\C/C=C\CCCCC. The van der Waals surface area contributed by atoms with Gasteiger partial charge in [0.05, 0.1) is 19.8 Å². The first-order valence-corrected chi connectivity index (χ1v) is 32.6. The van der Waals surface area contributed by atoms with Crippen LogP contribution in [-0.2, 0) is 42.2 Å². The van der Waals surface area contributed by atoms with Crippen LogP contribution in [0.15, 0.2) is 97.2 Å². The standard InChI is InChI=1S/C66H113O11P/c1-4-7-10-13-16-19-22-25-28-31-34-37-40-43-46-49-52-55-64(68)73-59-63(77-66(70)57-54-51-48-45-42-39-36-33-30-27-24-21-18-15-12-9-6-3)61-75-78(71,72)74-60-62(58-67)76-65(69)56-53-50-47-44-41-38-35-32-29-26-23-20-17-14-11-8-5-2/h9,12,17-18,20-21,25-30,36,39,45,48,62-63,67H,4-8,10-11,13-16,19,22-24,31-35,37-38,40-44,46-47,49-61H2,1-3H3,(H,71,72)/b12-9-,20-17-,21-18-,28-25-,29-26-,30-27-,39-36-,48-45-. The third-order valence-corrected chi connectivity index (χ3v) is 13.9. The van der Waals surface area contributed by atoms with E-state index in [1.165, 1.54) is 103 Å². The Bertz CT molecular complexity index is 1680. The first kappa shape index (κ1) is 74.4. The average molecular weight is 1110 g/mol. The first-order chi connectivity index (χ1) is 38.2. The van der Waals surface area contributed by atoms with Crippen LogP contribution in [-0.4, -0.2) is 66.5 Å². The van der Waals surface area contributed by atoms with Crippen LogP contribution in [0.3, 0.4) is 0 Å². The number of phosphoric ester groups is 1. The Labute approximate surface area is 476 Å². The van der Waals surface area contributed by atoms with Crippen molar-refractivity contribution in [3.05, 3.63) is 97.2 Å². The quantitative estimate of drug-likeness (QED) is 0.0197. The van der Waals surface area contributed by atoms with Gasteiger partial charge in [0.1, 0.15) is 12.7 Å². The van der Waals surface area contributed by atoms with Crippen LogP contribution in [0.25, 0.3) is 0 Å². The maximum absolute atomic E-state index is 12.9. The van der Waals surface area contributed by atoms with Gasteiger partial charge in [-0.1, -0.05) is 227 Å². The van der Waals surface area contributed by atoms with Crippen LogP contribution in [0.4, 0.5) is 0 Å². The third kappa shape index (κ3) is 57.1. The molecule has 0 aliphatic carbocycles. The molecule has 0 aliphatic heterocycles. The molecule has 0 rings (SSSR count). The van der Waals surface area contributed by atoms with Crippen molar-refractivity contribution < 1.29 is 52.2 Å². The predicted molar refractivity (Wildman–Crippen MR) is 325 cm³/mol. The van der Waals surface area contributed by atoms with Crippen LogP contribution in [0, 0.1) is 0 Å². The molecule has 0 heterocycles. The molecule has 11 nitrogen and oxygen atoms in total. The Morgan fingerprint density at radius 2 is 0.679 bits per heavy atom. The number of rotatable bonds is 57. The molecule has 78 heavy (non-hydrogen) atoms. The summed E-state index contributed by atoms with van der Waals surface area (Å²) in [7, 11) is -4.77. The Hall–Kier alpha value is -3.60. The summed E-state index contributed by atoms with van der Waals surface area (Å²) in [6.45, 7) is 4.44. The lowest BCUT2D eigenvalue weighted by atomic mass is 10.1. The van der Waals surface area contributed by atoms with Gasteiger partial charge < -0.3 is 24.2 Å². The van der Waals surface area contributed by atoms with Crippen molar-refractivity contribution in [3.8, 4) is 0 Å². The summed E-state index contributed by atoms with van der Waals surface area (Å²) < 4.78 is 39.6. The van der Waals surface area contributed by atoms with Gasteiger partial charge in [0.2, 0.25) is 0 Å². The number of hydrogen-bond acceptors (Lipinski definition) is 10. The minimum atomic E-state index is -4.77. The molecule has 3 atom stereocenters. The lowest BCUT2D eigenvalue weighted by molar-refractivity contribution is -0.161. The monoisotopic (exact) mass is 1110 g/mol. The van der Waals surface area contributed by atoms with Gasteiger partial charge in [-0.2, -0.15) is 0 Å². The van der Waals surface area contributed by atoms with E-state index in [0.717, 1.165) is 96.3 Å². The summed E-state index contributed by atoms with van der Waals surface area (Å²) in [6, 6.07) is 0. The summed E-state index contributed by atoms with van der Waals surface area (Å²) in [5.74, 6) is -1.55. The number of aliphatic hydroxyl groups excluding tert-OH is 1. The van der Waals surface area contributed by atoms with E-state index in [9.17, 15) is 28.9 Å². The summed E-state index contributed by atoms with van der Waals surface area (Å²) in [5.41, 5.74) is 0. The zero-order valence-corrected chi connectivity index (χ0v) is 50.5. The molecule has 0 radical (unpaired) electrons. The third-order valence-electron chi connectivity index (χ3n) is 13.0. The molecular weight excluding hydrogens is 1000 g/mol. The van der Waals surface area contributed by atoms with Crippen molar-refractivity contribution in [2.24, 2.45) is 0 Å². The lowest BCUT2D eigenvalue weighted by Crippen LogP contribution is -2.30. The highest BCUT2D eigenvalue weighted by Crippen LogP contribution is 2.43. The second-order valence-corrected chi connectivity index (χ2v) is 21.9. The normalized spacial score (nSPS) is 14.0. The van der Waals surface area contributed by atoms with Crippen LogP contribution in [0.1, 0.15) is 265 Å². The molecule has 0 amide bonds. The Morgan fingerprint density at radius 3 is 1.12 bits per heavy atom. The van der Waals surface area contributed by atoms with Crippen LogP contribution < -0.4 is 0 Å². The fourth-order valence-electron chi connectivity index (χ4n) is 8.24. The Morgan fingerprint density at radius 1 is 0.372 bits per heavy atom. The molecule has 0 saturated carbocycles. The van der Waals surface area contributed by atoms with Crippen LogP contribution in [0.2, 0.25) is 0 Å². The van der Waals surface area contributed by atoms with E-state index in [2.05, 4.69) is 106 Å². The predicted octanol–water partition coefficient (Wildman–Crippen LogP) is 18.8. The molecule has 3 unspecified atom stereocenters. The van der Waals surface area contributed by atoms with E-state index in [0.29, 0.717) is 25.7 Å². The van der Waals surface area contributed by atoms with Crippen molar-refractivity contribution in [1.29, 1.82) is 0 Å². The molecule has 0 aromatic rings. The van der Waals surface area contributed by atoms with E-state index < -0.39 is 57.8 Å². The zero-order valence-electron chi connectivity index (χ0n) is 49.6. The average Bonchev–Trinajstić information content (AvgIpc) is 3.43. The highest BCUT2D eigenvalue weighted by molar-refractivity contribution is 7.47. The van der Waals surface area contributed by atoms with Gasteiger partial charge in [-0.3, -0.25) is 23.4 Å². The lowest BCUT2D eigenvalue weighted by Gasteiger charge is -2.21. The number of ether oxygens (including phenoxy) is 3. The van der Waals surface area contributed by atoms with Crippen molar-refractivity contribution in [2.45, 2.75) is 277 Å². The maximum Gasteiger partial charge on any atom is 0.472 e. The Balaban J connectivity index is 4.79. The number of carbonyl (C=O) groups excluding carboxylic acids is 3. The van der Waals surface area contributed by atoms with Gasteiger partial charge >= 0.3 is 25.7 Å². The highest BCUT2D eigenvalue weighted by Gasteiger charge is 2.28. The number of unbranched alkanes of at least 4 members (excludes halogenated alkanes) is 24. The summed E-state index contributed by atoms with van der Waals surface area (Å²) in [4.78, 5) is 48.7. The Kier molecular flexibility index (Phi) is 56.8. The van der Waals surface area contributed by atoms with Crippen LogP contribution >= 0.6 is 7.82 Å². The van der Waals surface area contributed by atoms with Crippen molar-refractivity contribution in [2.75, 3.05) is 26.4 Å². The number of hydrogen-bond donors (Lipinski definition) is 2. The number of carbonyl (C=O) groups is 3. The van der Waals surface area contributed by atoms with Gasteiger partial charge in [-0.15, -0.1) is 0 Å². The summed E-state index contributed by atoms with van der Waals surface area (Å²) in [6.07, 6.45) is 70.8. The molecular formula is C66H113O11P. The second-order valence-electron chi connectivity index (χ2n) is 20.5. The van der Waals surface area contributed by atoms with Gasteiger partial charge in [0.25, 0.3) is 0 Å². The van der Waals surface area contributed by atoms with Gasteiger partial charge in [-0.05, 0) is 116 Å². The minimum Gasteiger partial charge on any atom is -0.462 e. The number of phosphoric acid groups is 1. The zero-order chi connectivity index (χ0) is 56.9. The smallest absolute Gasteiger partial charge is 0.462 e. The number of allylic oxidation sites excluding steroid dienone is 16. The molecule has 12 heteroatoms. The van der Waals surface area contributed by atoms with Crippen molar-refractivity contribution in [1.82, 2.24) is 0 Å². The first-order valence-electron chi connectivity index (χ1n) is 31.1. The fraction of sp³-hybridized carbons (Fsp3) is 0.712. The maximum atomic E-state index is 12.9. The van der Waals surface area contributed by atoms with Gasteiger partial charge in [0, 0.05) is 19.3 Å². The summed E-state index contributed by atoms with van der Waals surface area (Å²) in [5, 5.41) is 9.84. The van der Waals surface area contributed by atoms with Gasteiger partial charge in [-0.25, -0.2) is 4.57 Å². The van der Waals surface area contributed by atoms with E-state index in [-0.39, 0.29) is 25.9 Å². The van der Waals surface area contributed by atoms with Crippen molar-refractivity contribution in [3.63, 3.8) is 0 Å². The van der Waals surface area contributed by atoms with E-state index in [1.807, 2.05) is 12.2 Å². The molecule has 0 spiro atoms. The van der Waals surface area contributed by atoms with Crippen molar-refractivity contribution >= 4 is 25.7 Å². The van der Waals surface area contributed by atoms with E-state index in [4.69, 9.17) is 23.3 Å². The van der Waals surface area contributed by atoms with Crippen LogP contribution in [0.5, 0.6) is 0 Å².